The maximum Gasteiger partial charge on any atom is 0.213 e. The van der Waals surface area contributed by atoms with Gasteiger partial charge in [0.25, 0.3) is 0 Å². The Labute approximate surface area is 105 Å². The SMILES string of the molecule is COc1cc(-c2ccc(CN)c(Cl)c2)ccn1. The summed E-state index contributed by atoms with van der Waals surface area (Å²) in [4.78, 5) is 4.06. The van der Waals surface area contributed by atoms with Crippen LogP contribution >= 0.6 is 11.6 Å². The Hall–Kier alpha value is -1.58. The lowest BCUT2D eigenvalue weighted by Crippen LogP contribution is -1.97. The molecule has 2 N–H and O–H groups in total. The molecule has 17 heavy (non-hydrogen) atoms. The molecule has 1 aromatic heterocycles. The zero-order valence-electron chi connectivity index (χ0n) is 9.48. The van der Waals surface area contributed by atoms with Gasteiger partial charge in [-0.3, -0.25) is 0 Å². The molecule has 2 aromatic rings. The van der Waals surface area contributed by atoms with Gasteiger partial charge in [0.1, 0.15) is 0 Å². The van der Waals surface area contributed by atoms with Crippen molar-refractivity contribution >= 4 is 11.6 Å². The minimum atomic E-state index is 0.443. The van der Waals surface area contributed by atoms with Gasteiger partial charge < -0.3 is 10.5 Å². The molecule has 0 aliphatic rings. The van der Waals surface area contributed by atoms with E-state index in [-0.39, 0.29) is 0 Å². The molecule has 4 heteroatoms. The minimum absolute atomic E-state index is 0.443. The van der Waals surface area contributed by atoms with Crippen molar-refractivity contribution in [2.45, 2.75) is 6.54 Å². The van der Waals surface area contributed by atoms with E-state index < -0.39 is 0 Å². The fourth-order valence-corrected chi connectivity index (χ4v) is 1.85. The summed E-state index contributed by atoms with van der Waals surface area (Å²) in [7, 11) is 1.59. The second kappa shape index (κ2) is 5.17. The molecule has 2 rings (SSSR count). The number of nitrogens with two attached hydrogens (primary N) is 1. The molecular formula is C13H13ClN2O. The molecule has 88 valence electrons. The van der Waals surface area contributed by atoms with E-state index in [4.69, 9.17) is 22.1 Å². The van der Waals surface area contributed by atoms with E-state index in [0.717, 1.165) is 16.7 Å². The van der Waals surface area contributed by atoms with Crippen molar-refractivity contribution in [1.29, 1.82) is 0 Å². The van der Waals surface area contributed by atoms with Gasteiger partial charge in [0, 0.05) is 23.8 Å². The number of hydrogen-bond acceptors (Lipinski definition) is 3. The van der Waals surface area contributed by atoms with Crippen molar-refractivity contribution in [3.8, 4) is 17.0 Å². The fourth-order valence-electron chi connectivity index (χ4n) is 1.59. The van der Waals surface area contributed by atoms with Crippen LogP contribution in [0.3, 0.4) is 0 Å². The lowest BCUT2D eigenvalue weighted by atomic mass is 10.1. The van der Waals surface area contributed by atoms with Crippen LogP contribution in [0.1, 0.15) is 5.56 Å². The van der Waals surface area contributed by atoms with E-state index in [0.29, 0.717) is 17.4 Å². The molecule has 0 atom stereocenters. The molecule has 0 aliphatic carbocycles. The number of hydrogen-bond donors (Lipinski definition) is 1. The van der Waals surface area contributed by atoms with Crippen LogP contribution in [0.2, 0.25) is 5.02 Å². The van der Waals surface area contributed by atoms with Crippen LogP contribution in [-0.4, -0.2) is 12.1 Å². The van der Waals surface area contributed by atoms with Crippen molar-refractivity contribution in [3.63, 3.8) is 0 Å². The van der Waals surface area contributed by atoms with Crippen molar-refractivity contribution in [1.82, 2.24) is 4.98 Å². The normalized spacial score (nSPS) is 10.3. The van der Waals surface area contributed by atoms with Gasteiger partial charge in [0.2, 0.25) is 5.88 Å². The van der Waals surface area contributed by atoms with Gasteiger partial charge in [-0.05, 0) is 28.8 Å². The zero-order valence-corrected chi connectivity index (χ0v) is 10.2. The second-order valence-electron chi connectivity index (χ2n) is 3.60. The first-order chi connectivity index (χ1) is 8.24. The highest BCUT2D eigenvalue weighted by atomic mass is 35.5. The summed E-state index contributed by atoms with van der Waals surface area (Å²) in [6.45, 7) is 0.443. The van der Waals surface area contributed by atoms with Crippen LogP contribution in [0, 0.1) is 0 Å². The molecule has 3 nitrogen and oxygen atoms in total. The summed E-state index contributed by atoms with van der Waals surface area (Å²) in [6.07, 6.45) is 1.71. The predicted molar refractivity (Wildman–Crippen MR) is 69.1 cm³/mol. The Bertz CT molecular complexity index is 529. The van der Waals surface area contributed by atoms with Gasteiger partial charge in [-0.2, -0.15) is 0 Å². The third kappa shape index (κ3) is 2.57. The van der Waals surface area contributed by atoms with Gasteiger partial charge in [0.05, 0.1) is 7.11 Å². The maximum absolute atomic E-state index is 6.13. The third-order valence-electron chi connectivity index (χ3n) is 2.55. The molecule has 0 bridgehead atoms. The summed E-state index contributed by atoms with van der Waals surface area (Å²) in [5, 5.41) is 0.681. The number of pyridine rings is 1. The van der Waals surface area contributed by atoms with Crippen molar-refractivity contribution in [3.05, 3.63) is 47.1 Å². The Morgan fingerprint density at radius 3 is 2.65 bits per heavy atom. The standard InChI is InChI=1S/C13H13ClN2O/c1-17-13-7-10(4-5-16-13)9-2-3-11(8-15)12(14)6-9/h2-7H,8,15H2,1H3. The summed E-state index contributed by atoms with van der Waals surface area (Å²) in [5.41, 5.74) is 8.55. The van der Waals surface area contributed by atoms with Crippen LogP contribution in [0.25, 0.3) is 11.1 Å². The summed E-state index contributed by atoms with van der Waals surface area (Å²) >= 11 is 6.13. The van der Waals surface area contributed by atoms with Gasteiger partial charge in [0.15, 0.2) is 0 Å². The minimum Gasteiger partial charge on any atom is -0.481 e. The molecule has 0 saturated carbocycles. The Kier molecular flexibility index (Phi) is 3.61. The van der Waals surface area contributed by atoms with Crippen LogP contribution in [0.4, 0.5) is 0 Å². The molecule has 0 amide bonds. The van der Waals surface area contributed by atoms with Crippen molar-refractivity contribution in [2.24, 2.45) is 5.73 Å². The molecule has 1 aromatic carbocycles. The number of benzene rings is 1. The maximum atomic E-state index is 6.13. The Morgan fingerprint density at radius 1 is 1.24 bits per heavy atom. The van der Waals surface area contributed by atoms with E-state index in [1.807, 2.05) is 30.3 Å². The van der Waals surface area contributed by atoms with Gasteiger partial charge in [-0.25, -0.2) is 4.98 Å². The van der Waals surface area contributed by atoms with Crippen LogP contribution in [0.15, 0.2) is 36.5 Å². The number of aromatic nitrogens is 1. The Balaban J connectivity index is 2.42. The number of halogens is 1. The van der Waals surface area contributed by atoms with Crippen molar-refractivity contribution < 1.29 is 4.74 Å². The molecule has 0 unspecified atom stereocenters. The van der Waals surface area contributed by atoms with Crippen LogP contribution < -0.4 is 10.5 Å². The molecule has 0 radical (unpaired) electrons. The lowest BCUT2D eigenvalue weighted by molar-refractivity contribution is 0.398. The summed E-state index contributed by atoms with van der Waals surface area (Å²) < 4.78 is 5.09. The fraction of sp³-hybridized carbons (Fsp3) is 0.154. The van der Waals surface area contributed by atoms with Gasteiger partial charge in [-0.1, -0.05) is 23.7 Å². The Morgan fingerprint density at radius 2 is 2.00 bits per heavy atom. The molecule has 0 aliphatic heterocycles. The first-order valence-corrected chi connectivity index (χ1v) is 5.61. The molecule has 0 spiro atoms. The quantitative estimate of drug-likeness (QED) is 0.909. The van der Waals surface area contributed by atoms with E-state index in [1.54, 1.807) is 13.3 Å². The molecule has 0 saturated heterocycles. The van der Waals surface area contributed by atoms with E-state index in [2.05, 4.69) is 4.98 Å². The van der Waals surface area contributed by atoms with E-state index >= 15 is 0 Å². The highest BCUT2D eigenvalue weighted by molar-refractivity contribution is 6.31. The number of nitrogens with zero attached hydrogens (tertiary/aromatic N) is 1. The van der Waals surface area contributed by atoms with E-state index in [1.165, 1.54) is 0 Å². The monoisotopic (exact) mass is 248 g/mol. The molecular weight excluding hydrogens is 236 g/mol. The summed E-state index contributed by atoms with van der Waals surface area (Å²) in [5.74, 6) is 0.585. The van der Waals surface area contributed by atoms with Crippen LogP contribution in [0.5, 0.6) is 5.88 Å². The topological polar surface area (TPSA) is 48.1 Å². The van der Waals surface area contributed by atoms with Crippen LogP contribution in [-0.2, 0) is 6.54 Å². The van der Waals surface area contributed by atoms with E-state index in [9.17, 15) is 0 Å². The van der Waals surface area contributed by atoms with Gasteiger partial charge in [-0.15, -0.1) is 0 Å². The highest BCUT2D eigenvalue weighted by Crippen LogP contribution is 2.26. The highest BCUT2D eigenvalue weighted by Gasteiger charge is 2.04. The smallest absolute Gasteiger partial charge is 0.213 e. The lowest BCUT2D eigenvalue weighted by Gasteiger charge is -2.06. The zero-order chi connectivity index (χ0) is 12.3. The molecule has 1 heterocycles. The molecule has 0 fully saturated rings. The second-order valence-corrected chi connectivity index (χ2v) is 4.00. The van der Waals surface area contributed by atoms with Crippen molar-refractivity contribution in [2.75, 3.05) is 7.11 Å². The number of methoxy groups -OCH3 is 1. The first-order valence-electron chi connectivity index (χ1n) is 5.23. The average molecular weight is 249 g/mol. The largest absolute Gasteiger partial charge is 0.481 e. The third-order valence-corrected chi connectivity index (χ3v) is 2.90. The van der Waals surface area contributed by atoms with Gasteiger partial charge >= 0.3 is 0 Å². The predicted octanol–water partition coefficient (Wildman–Crippen LogP) is 2.87. The summed E-state index contributed by atoms with van der Waals surface area (Å²) in [6, 6.07) is 9.61. The first kappa shape index (κ1) is 11.9. The average Bonchev–Trinajstić information content (AvgIpc) is 2.38. The number of ether oxygens (including phenoxy) is 1. The number of rotatable bonds is 3.